The van der Waals surface area contributed by atoms with Crippen LogP contribution in [0.2, 0.25) is 0 Å². The second-order valence-corrected chi connectivity index (χ2v) is 3.87. The molecule has 2 rings (SSSR count). The van der Waals surface area contributed by atoms with Crippen LogP contribution in [0, 0.1) is 0 Å². The molecule has 0 amide bonds. The molecule has 0 spiro atoms. The molecule has 0 bridgehead atoms. The normalized spacial score (nSPS) is 10.4. The Morgan fingerprint density at radius 1 is 0.882 bits per heavy atom. The van der Waals surface area contributed by atoms with Crippen molar-refractivity contribution in [3.8, 4) is 28.4 Å². The van der Waals surface area contributed by atoms with Gasteiger partial charge >= 0.3 is 0 Å². The number of hydrogen-bond acceptors (Lipinski definition) is 3. The lowest BCUT2D eigenvalue weighted by atomic mass is 9.97. The van der Waals surface area contributed by atoms with E-state index in [-0.39, 0.29) is 17.2 Å². The van der Waals surface area contributed by atoms with Crippen LogP contribution in [0.3, 0.4) is 0 Å². The molecule has 3 heteroatoms. The minimum Gasteiger partial charge on any atom is -0.507 e. The van der Waals surface area contributed by atoms with Gasteiger partial charge in [-0.25, -0.2) is 0 Å². The summed E-state index contributed by atoms with van der Waals surface area (Å²) < 4.78 is 0. The third-order valence-electron chi connectivity index (χ3n) is 2.77. The average Bonchev–Trinajstić information content (AvgIpc) is 2.32. The zero-order valence-electron chi connectivity index (χ0n) is 9.51. The Labute approximate surface area is 99.6 Å². The zero-order chi connectivity index (χ0) is 12.4. The molecule has 3 nitrogen and oxygen atoms in total. The molecule has 0 aliphatic heterocycles. The molecule has 88 valence electrons. The molecule has 0 fully saturated rings. The van der Waals surface area contributed by atoms with Crippen LogP contribution in [-0.4, -0.2) is 15.3 Å². The summed E-state index contributed by atoms with van der Waals surface area (Å²) in [5.74, 6) is -0.176. The number of phenolic OH excluding ortho intramolecular Hbond substituents is 3. The summed E-state index contributed by atoms with van der Waals surface area (Å²) in [7, 11) is 0. The van der Waals surface area contributed by atoms with E-state index in [1.165, 1.54) is 12.1 Å². The fourth-order valence-corrected chi connectivity index (χ4v) is 1.89. The van der Waals surface area contributed by atoms with E-state index >= 15 is 0 Å². The molecule has 0 aliphatic rings. The summed E-state index contributed by atoms with van der Waals surface area (Å²) in [6.45, 7) is 2.00. The highest BCUT2D eigenvalue weighted by Gasteiger charge is 2.10. The highest BCUT2D eigenvalue weighted by atomic mass is 16.3. The third kappa shape index (κ3) is 2.04. The van der Waals surface area contributed by atoms with Gasteiger partial charge in [-0.05, 0) is 35.7 Å². The Morgan fingerprint density at radius 2 is 1.65 bits per heavy atom. The Morgan fingerprint density at radius 3 is 2.29 bits per heavy atom. The number of aromatic hydroxyl groups is 3. The van der Waals surface area contributed by atoms with Gasteiger partial charge in [0.2, 0.25) is 0 Å². The molecule has 0 unspecified atom stereocenters. The van der Waals surface area contributed by atoms with E-state index in [4.69, 9.17) is 0 Å². The van der Waals surface area contributed by atoms with Crippen molar-refractivity contribution in [1.82, 2.24) is 0 Å². The van der Waals surface area contributed by atoms with Gasteiger partial charge in [0.05, 0.1) is 0 Å². The molecule has 2 aromatic carbocycles. The largest absolute Gasteiger partial charge is 0.507 e. The zero-order valence-corrected chi connectivity index (χ0v) is 9.51. The SMILES string of the molecule is CCc1cccc(O)c1-c1ccc(O)c(O)c1. The number of benzene rings is 2. The molecule has 0 saturated carbocycles. The lowest BCUT2D eigenvalue weighted by Crippen LogP contribution is -1.88. The second kappa shape index (κ2) is 4.37. The molecule has 2 aromatic rings. The Balaban J connectivity index is 2.63. The van der Waals surface area contributed by atoms with Gasteiger partial charge in [-0.3, -0.25) is 0 Å². The summed E-state index contributed by atoms with van der Waals surface area (Å²) in [6, 6.07) is 9.86. The van der Waals surface area contributed by atoms with E-state index < -0.39 is 0 Å². The standard InChI is InChI=1S/C14H14O3/c1-2-9-4-3-5-12(16)14(9)10-6-7-11(15)13(17)8-10/h3-8,15-17H,2H2,1H3. The highest BCUT2D eigenvalue weighted by molar-refractivity contribution is 5.75. The minimum atomic E-state index is -0.187. The molecule has 0 aliphatic carbocycles. The summed E-state index contributed by atoms with van der Waals surface area (Å²) in [5, 5.41) is 28.7. The molecule has 17 heavy (non-hydrogen) atoms. The van der Waals surface area contributed by atoms with E-state index in [0.717, 1.165) is 12.0 Å². The van der Waals surface area contributed by atoms with Gasteiger partial charge < -0.3 is 15.3 Å². The molecule has 0 atom stereocenters. The predicted octanol–water partition coefficient (Wildman–Crippen LogP) is 3.03. The lowest BCUT2D eigenvalue weighted by molar-refractivity contribution is 0.404. The van der Waals surface area contributed by atoms with E-state index in [9.17, 15) is 15.3 Å². The summed E-state index contributed by atoms with van der Waals surface area (Å²) in [4.78, 5) is 0. The first-order chi connectivity index (χ1) is 8.13. The summed E-state index contributed by atoms with van der Waals surface area (Å²) in [6.07, 6.45) is 0.783. The first-order valence-corrected chi connectivity index (χ1v) is 5.46. The fourth-order valence-electron chi connectivity index (χ4n) is 1.89. The van der Waals surface area contributed by atoms with E-state index in [0.29, 0.717) is 11.1 Å². The fraction of sp³-hybridized carbons (Fsp3) is 0.143. The molecular weight excluding hydrogens is 216 g/mol. The lowest BCUT2D eigenvalue weighted by Gasteiger charge is -2.11. The van der Waals surface area contributed by atoms with Crippen LogP contribution in [-0.2, 0) is 6.42 Å². The van der Waals surface area contributed by atoms with Crippen molar-refractivity contribution in [2.45, 2.75) is 13.3 Å². The van der Waals surface area contributed by atoms with Crippen LogP contribution >= 0.6 is 0 Å². The number of hydrogen-bond donors (Lipinski definition) is 3. The average molecular weight is 230 g/mol. The predicted molar refractivity (Wildman–Crippen MR) is 66.3 cm³/mol. The van der Waals surface area contributed by atoms with Gasteiger partial charge in [-0.15, -0.1) is 0 Å². The Kier molecular flexibility index (Phi) is 2.91. The first kappa shape index (κ1) is 11.3. The van der Waals surface area contributed by atoms with Gasteiger partial charge in [-0.1, -0.05) is 25.1 Å². The van der Waals surface area contributed by atoms with Crippen molar-refractivity contribution in [1.29, 1.82) is 0 Å². The van der Waals surface area contributed by atoms with Crippen LogP contribution in [0.25, 0.3) is 11.1 Å². The topological polar surface area (TPSA) is 60.7 Å². The van der Waals surface area contributed by atoms with Crippen LogP contribution < -0.4 is 0 Å². The number of phenols is 3. The maximum atomic E-state index is 9.89. The Hall–Kier alpha value is -2.16. The monoisotopic (exact) mass is 230 g/mol. The molecule has 0 radical (unpaired) electrons. The van der Waals surface area contributed by atoms with Crippen LogP contribution in [0.5, 0.6) is 17.2 Å². The quantitative estimate of drug-likeness (QED) is 0.695. The van der Waals surface area contributed by atoms with Crippen LogP contribution in [0.15, 0.2) is 36.4 Å². The molecular formula is C14H14O3. The molecule has 0 saturated heterocycles. The van der Waals surface area contributed by atoms with E-state index in [2.05, 4.69) is 0 Å². The number of rotatable bonds is 2. The molecule has 3 N–H and O–H groups in total. The van der Waals surface area contributed by atoms with Crippen molar-refractivity contribution in [2.24, 2.45) is 0 Å². The molecule has 0 heterocycles. The van der Waals surface area contributed by atoms with Crippen molar-refractivity contribution in [2.75, 3.05) is 0 Å². The Bertz CT molecular complexity index is 547. The van der Waals surface area contributed by atoms with E-state index in [1.54, 1.807) is 18.2 Å². The van der Waals surface area contributed by atoms with Crippen molar-refractivity contribution >= 4 is 0 Å². The van der Waals surface area contributed by atoms with Crippen LogP contribution in [0.4, 0.5) is 0 Å². The van der Waals surface area contributed by atoms with Crippen LogP contribution in [0.1, 0.15) is 12.5 Å². The van der Waals surface area contributed by atoms with Gasteiger partial charge in [0, 0.05) is 5.56 Å². The third-order valence-corrected chi connectivity index (χ3v) is 2.77. The van der Waals surface area contributed by atoms with Crippen molar-refractivity contribution < 1.29 is 15.3 Å². The summed E-state index contributed by atoms with van der Waals surface area (Å²) >= 11 is 0. The van der Waals surface area contributed by atoms with Gasteiger partial charge in [-0.2, -0.15) is 0 Å². The van der Waals surface area contributed by atoms with Crippen molar-refractivity contribution in [3.63, 3.8) is 0 Å². The van der Waals surface area contributed by atoms with Gasteiger partial charge in [0.1, 0.15) is 5.75 Å². The smallest absolute Gasteiger partial charge is 0.158 e. The minimum absolute atomic E-state index is 0.165. The first-order valence-electron chi connectivity index (χ1n) is 5.46. The highest BCUT2D eigenvalue weighted by Crippen LogP contribution is 2.37. The maximum Gasteiger partial charge on any atom is 0.158 e. The second-order valence-electron chi connectivity index (χ2n) is 3.87. The van der Waals surface area contributed by atoms with Gasteiger partial charge in [0.15, 0.2) is 11.5 Å². The molecule has 0 aromatic heterocycles. The number of aryl methyl sites for hydroxylation is 1. The maximum absolute atomic E-state index is 9.89. The summed E-state index contributed by atoms with van der Waals surface area (Å²) in [5.41, 5.74) is 2.38. The van der Waals surface area contributed by atoms with E-state index in [1.807, 2.05) is 13.0 Å². The van der Waals surface area contributed by atoms with Gasteiger partial charge in [0.25, 0.3) is 0 Å². The van der Waals surface area contributed by atoms with Crippen molar-refractivity contribution in [3.05, 3.63) is 42.0 Å².